The zero-order valence-electron chi connectivity index (χ0n) is 18.9. The summed E-state index contributed by atoms with van der Waals surface area (Å²) < 4.78 is 13.4. The lowest BCUT2D eigenvalue weighted by Crippen LogP contribution is -2.29. The quantitative estimate of drug-likeness (QED) is 0.688. The summed E-state index contributed by atoms with van der Waals surface area (Å²) in [4.78, 5) is 38.2. The Labute approximate surface area is 188 Å². The molecule has 2 amide bonds. The van der Waals surface area contributed by atoms with Gasteiger partial charge < -0.3 is 9.80 Å². The lowest BCUT2D eigenvalue weighted by Gasteiger charge is -2.18. The minimum absolute atomic E-state index is 0.0196. The van der Waals surface area contributed by atoms with Gasteiger partial charge in [-0.05, 0) is 63.1 Å². The Balaban J connectivity index is 1.29. The Bertz CT molecular complexity index is 1000. The number of hydrogen-bond acceptors (Lipinski definition) is 4. The molecule has 0 aliphatic carbocycles. The number of carbonyl (C=O) groups excluding carboxylic acids is 2. The highest BCUT2D eigenvalue weighted by Crippen LogP contribution is 2.26. The highest BCUT2D eigenvalue weighted by atomic mass is 19.1. The third-order valence-corrected chi connectivity index (χ3v) is 6.61. The van der Waals surface area contributed by atoms with Crippen LogP contribution < -0.4 is 0 Å². The molecule has 0 spiro atoms. The van der Waals surface area contributed by atoms with E-state index in [0.29, 0.717) is 36.3 Å². The molecule has 32 heavy (non-hydrogen) atoms. The molecule has 2 fully saturated rings. The van der Waals surface area contributed by atoms with Crippen LogP contribution in [0.5, 0.6) is 0 Å². The second kappa shape index (κ2) is 9.76. The van der Waals surface area contributed by atoms with Crippen LogP contribution in [0.25, 0.3) is 0 Å². The fourth-order valence-electron chi connectivity index (χ4n) is 4.64. The zero-order valence-corrected chi connectivity index (χ0v) is 18.9. The lowest BCUT2D eigenvalue weighted by molar-refractivity contribution is -0.130. The van der Waals surface area contributed by atoms with Crippen LogP contribution in [0.3, 0.4) is 0 Å². The second-order valence-corrected chi connectivity index (χ2v) is 8.99. The van der Waals surface area contributed by atoms with Crippen LogP contribution in [0.15, 0.2) is 24.4 Å². The Hall–Kier alpha value is -2.83. The third kappa shape index (κ3) is 4.97. The Morgan fingerprint density at radius 2 is 1.91 bits per heavy atom. The molecule has 0 saturated carbocycles. The molecule has 1 unspecified atom stereocenters. The molecule has 1 atom stereocenters. The lowest BCUT2D eigenvalue weighted by atomic mass is 10.1. The number of carbonyl (C=O) groups is 2. The van der Waals surface area contributed by atoms with Crippen molar-refractivity contribution in [3.05, 3.63) is 58.4 Å². The molecule has 2 aliphatic heterocycles. The van der Waals surface area contributed by atoms with E-state index in [2.05, 4.69) is 9.97 Å². The summed E-state index contributed by atoms with van der Waals surface area (Å²) in [6.45, 7) is 6.56. The van der Waals surface area contributed by atoms with Gasteiger partial charge in [0.25, 0.3) is 5.91 Å². The Morgan fingerprint density at radius 1 is 1.12 bits per heavy atom. The summed E-state index contributed by atoms with van der Waals surface area (Å²) in [7, 11) is 0. The van der Waals surface area contributed by atoms with Gasteiger partial charge in [-0.2, -0.15) is 0 Å². The Morgan fingerprint density at radius 3 is 2.62 bits per heavy atom. The van der Waals surface area contributed by atoms with Gasteiger partial charge in [-0.25, -0.2) is 14.4 Å². The first-order chi connectivity index (χ1) is 15.4. The molecule has 2 aliphatic rings. The van der Waals surface area contributed by atoms with Gasteiger partial charge in [-0.3, -0.25) is 9.59 Å². The van der Waals surface area contributed by atoms with Gasteiger partial charge in [0, 0.05) is 44.7 Å². The maximum absolute atomic E-state index is 13.4. The molecule has 170 valence electrons. The summed E-state index contributed by atoms with van der Waals surface area (Å²) in [6, 6.07) is 5.13. The number of amides is 2. The van der Waals surface area contributed by atoms with Crippen molar-refractivity contribution in [1.82, 2.24) is 19.8 Å². The van der Waals surface area contributed by atoms with Gasteiger partial charge in [0.2, 0.25) is 5.91 Å². The molecule has 0 N–H and O–H groups in total. The van der Waals surface area contributed by atoms with Crippen LogP contribution in [0, 0.1) is 19.7 Å². The van der Waals surface area contributed by atoms with Crippen LogP contribution in [0.2, 0.25) is 0 Å². The summed E-state index contributed by atoms with van der Waals surface area (Å²) >= 11 is 0. The van der Waals surface area contributed by atoms with Crippen molar-refractivity contribution < 1.29 is 14.0 Å². The highest BCUT2D eigenvalue weighted by molar-refractivity contribution is 5.95. The van der Waals surface area contributed by atoms with E-state index in [-0.39, 0.29) is 23.5 Å². The predicted octanol–water partition coefficient (Wildman–Crippen LogP) is 3.81. The van der Waals surface area contributed by atoms with Crippen molar-refractivity contribution in [1.29, 1.82) is 0 Å². The smallest absolute Gasteiger partial charge is 0.257 e. The van der Waals surface area contributed by atoms with E-state index >= 15 is 0 Å². The van der Waals surface area contributed by atoms with Gasteiger partial charge in [0.1, 0.15) is 11.6 Å². The van der Waals surface area contributed by atoms with E-state index in [1.54, 1.807) is 19.2 Å². The van der Waals surface area contributed by atoms with Crippen LogP contribution in [-0.2, 0) is 11.2 Å². The molecule has 6 nitrogen and oxygen atoms in total. The fraction of sp³-hybridized carbons (Fsp3) is 0.520. The normalized spacial score (nSPS) is 18.4. The fourth-order valence-corrected chi connectivity index (χ4v) is 4.64. The number of benzene rings is 1. The minimum Gasteiger partial charge on any atom is -0.342 e. The van der Waals surface area contributed by atoms with Crippen molar-refractivity contribution in [2.45, 2.75) is 58.3 Å². The molecule has 2 aromatic rings. The first-order valence-electron chi connectivity index (χ1n) is 11.6. The van der Waals surface area contributed by atoms with Gasteiger partial charge in [-0.1, -0.05) is 12.1 Å². The highest BCUT2D eigenvalue weighted by Gasteiger charge is 2.30. The average Bonchev–Trinajstić information content (AvgIpc) is 3.48. The first kappa shape index (κ1) is 22.4. The molecule has 3 heterocycles. The van der Waals surface area contributed by atoms with Crippen molar-refractivity contribution >= 4 is 11.8 Å². The van der Waals surface area contributed by atoms with Crippen molar-refractivity contribution in [3.8, 4) is 0 Å². The first-order valence-corrected chi connectivity index (χ1v) is 11.6. The molecule has 4 rings (SSSR count). The molecular formula is C25H31FN4O2. The van der Waals surface area contributed by atoms with Crippen molar-refractivity contribution in [2.75, 3.05) is 26.2 Å². The number of aromatic nitrogens is 2. The van der Waals surface area contributed by atoms with Crippen molar-refractivity contribution in [3.63, 3.8) is 0 Å². The summed E-state index contributed by atoms with van der Waals surface area (Å²) in [5, 5.41) is 0. The molecule has 1 aromatic carbocycles. The number of aryl methyl sites for hydroxylation is 3. The van der Waals surface area contributed by atoms with Gasteiger partial charge >= 0.3 is 0 Å². The molecule has 2 saturated heterocycles. The van der Waals surface area contributed by atoms with Gasteiger partial charge in [0.05, 0.1) is 11.3 Å². The standard InChI is InChI=1S/C25H31FN4O2/c1-17-14-19(8-9-22(17)26)6-5-7-23(31)30-13-10-20(16-30)24-27-15-21(18(2)28-24)25(32)29-11-3-4-12-29/h8-9,14-15,20H,3-7,10-13,16H2,1-2H3. The number of hydrogen-bond donors (Lipinski definition) is 0. The minimum atomic E-state index is -0.196. The van der Waals surface area contributed by atoms with E-state index in [0.717, 1.165) is 56.6 Å². The van der Waals surface area contributed by atoms with E-state index < -0.39 is 0 Å². The van der Waals surface area contributed by atoms with Crippen LogP contribution in [0.1, 0.15) is 71.0 Å². The van der Waals surface area contributed by atoms with Crippen LogP contribution >= 0.6 is 0 Å². The number of likely N-dealkylation sites (tertiary alicyclic amines) is 2. The predicted molar refractivity (Wildman–Crippen MR) is 120 cm³/mol. The van der Waals surface area contributed by atoms with Crippen LogP contribution in [0.4, 0.5) is 4.39 Å². The van der Waals surface area contributed by atoms with Gasteiger partial charge in [-0.15, -0.1) is 0 Å². The van der Waals surface area contributed by atoms with Crippen molar-refractivity contribution in [2.24, 2.45) is 0 Å². The topological polar surface area (TPSA) is 66.4 Å². The number of halogens is 1. The van der Waals surface area contributed by atoms with Gasteiger partial charge in [0.15, 0.2) is 0 Å². The summed E-state index contributed by atoms with van der Waals surface area (Å²) in [5.74, 6) is 0.791. The maximum atomic E-state index is 13.4. The number of nitrogens with zero attached hydrogens (tertiary/aromatic N) is 4. The molecule has 1 aromatic heterocycles. The maximum Gasteiger partial charge on any atom is 0.257 e. The van der Waals surface area contributed by atoms with Crippen LogP contribution in [-0.4, -0.2) is 57.8 Å². The van der Waals surface area contributed by atoms with E-state index in [4.69, 9.17) is 0 Å². The third-order valence-electron chi connectivity index (χ3n) is 6.61. The zero-order chi connectivity index (χ0) is 22.7. The monoisotopic (exact) mass is 438 g/mol. The molecule has 0 bridgehead atoms. The van der Waals surface area contributed by atoms with E-state index in [1.165, 1.54) is 6.07 Å². The van der Waals surface area contributed by atoms with E-state index in [9.17, 15) is 14.0 Å². The average molecular weight is 439 g/mol. The summed E-state index contributed by atoms with van der Waals surface area (Å²) in [5.41, 5.74) is 2.99. The summed E-state index contributed by atoms with van der Waals surface area (Å²) in [6.07, 6.45) is 6.59. The number of rotatable bonds is 6. The molecular weight excluding hydrogens is 407 g/mol. The SMILES string of the molecule is Cc1cc(CCCC(=O)N2CCC(c3ncc(C(=O)N4CCCC4)c(C)n3)C2)ccc1F. The molecule has 7 heteroatoms. The largest absolute Gasteiger partial charge is 0.342 e. The Kier molecular flexibility index (Phi) is 6.82. The molecule has 0 radical (unpaired) electrons. The van der Waals surface area contributed by atoms with E-state index in [1.807, 2.05) is 22.8 Å². The second-order valence-electron chi connectivity index (χ2n) is 8.99.